The normalized spacial score (nSPS) is 14.8. The fraction of sp³-hybridized carbons (Fsp3) is 0.190. The molecule has 4 rings (SSSR count). The van der Waals surface area contributed by atoms with E-state index in [9.17, 15) is 13.7 Å². The molecule has 0 amide bonds. The van der Waals surface area contributed by atoms with Gasteiger partial charge in [-0.2, -0.15) is 9.57 Å². The predicted molar refractivity (Wildman–Crippen MR) is 116 cm³/mol. The SMILES string of the molecule is N#Cc1c(Cl)cccc1Oc1ccc(S(=O)(=O)N2CCN(c3cnccn3)CC2)cc1. The van der Waals surface area contributed by atoms with Crippen LogP contribution in [0.25, 0.3) is 0 Å². The van der Waals surface area contributed by atoms with Crippen molar-refractivity contribution >= 4 is 27.4 Å². The second kappa shape index (κ2) is 8.89. The van der Waals surface area contributed by atoms with Gasteiger partial charge in [-0.15, -0.1) is 0 Å². The average Bonchev–Trinajstić information content (AvgIpc) is 2.80. The molecule has 0 unspecified atom stereocenters. The molecule has 1 aromatic heterocycles. The molecule has 0 atom stereocenters. The van der Waals surface area contributed by atoms with E-state index in [4.69, 9.17) is 16.3 Å². The number of hydrogen-bond acceptors (Lipinski definition) is 7. The maximum Gasteiger partial charge on any atom is 0.243 e. The number of nitriles is 1. The number of piperazine rings is 1. The van der Waals surface area contributed by atoms with Gasteiger partial charge in [0.2, 0.25) is 10.0 Å². The minimum absolute atomic E-state index is 0.180. The van der Waals surface area contributed by atoms with Crippen molar-refractivity contribution in [1.82, 2.24) is 14.3 Å². The number of anilines is 1. The molecule has 1 aliphatic heterocycles. The molecular weight excluding hydrogens is 438 g/mol. The summed E-state index contributed by atoms with van der Waals surface area (Å²) in [6.07, 6.45) is 4.89. The van der Waals surface area contributed by atoms with Crippen molar-refractivity contribution in [3.63, 3.8) is 0 Å². The Kier molecular flexibility index (Phi) is 6.04. The number of aromatic nitrogens is 2. The molecule has 1 saturated heterocycles. The highest BCUT2D eigenvalue weighted by Gasteiger charge is 2.29. The van der Waals surface area contributed by atoms with Crippen LogP contribution in [0.4, 0.5) is 5.82 Å². The molecule has 0 aliphatic carbocycles. The molecule has 158 valence electrons. The van der Waals surface area contributed by atoms with Crippen LogP contribution < -0.4 is 9.64 Å². The number of ether oxygens (including phenoxy) is 1. The smallest absolute Gasteiger partial charge is 0.243 e. The third-order valence-corrected chi connectivity index (χ3v) is 7.12. The highest BCUT2D eigenvalue weighted by atomic mass is 35.5. The van der Waals surface area contributed by atoms with Crippen molar-refractivity contribution in [3.05, 3.63) is 71.6 Å². The van der Waals surface area contributed by atoms with Crippen LogP contribution in [0, 0.1) is 11.3 Å². The summed E-state index contributed by atoms with van der Waals surface area (Å²) in [6, 6.07) is 13.0. The van der Waals surface area contributed by atoms with Crippen molar-refractivity contribution in [1.29, 1.82) is 5.26 Å². The van der Waals surface area contributed by atoms with E-state index in [-0.39, 0.29) is 10.5 Å². The predicted octanol–water partition coefficient (Wildman–Crippen LogP) is 3.30. The number of nitrogens with zero attached hydrogens (tertiary/aromatic N) is 5. The van der Waals surface area contributed by atoms with Gasteiger partial charge in [-0.1, -0.05) is 17.7 Å². The molecular formula is C21H18ClN5O3S. The summed E-state index contributed by atoms with van der Waals surface area (Å²) in [5.41, 5.74) is 0.224. The Morgan fingerprint density at radius 2 is 1.77 bits per heavy atom. The molecule has 0 radical (unpaired) electrons. The summed E-state index contributed by atoms with van der Waals surface area (Å²) in [6.45, 7) is 1.77. The first-order valence-electron chi connectivity index (χ1n) is 9.46. The van der Waals surface area contributed by atoms with E-state index < -0.39 is 10.0 Å². The van der Waals surface area contributed by atoms with Gasteiger partial charge >= 0.3 is 0 Å². The summed E-state index contributed by atoms with van der Waals surface area (Å²) in [4.78, 5) is 10.5. The minimum atomic E-state index is -3.64. The quantitative estimate of drug-likeness (QED) is 0.581. The fourth-order valence-corrected chi connectivity index (χ4v) is 4.90. The third-order valence-electron chi connectivity index (χ3n) is 4.89. The average molecular weight is 456 g/mol. The Labute approximate surface area is 185 Å². The van der Waals surface area contributed by atoms with Crippen molar-refractivity contribution in [2.24, 2.45) is 0 Å². The molecule has 31 heavy (non-hydrogen) atoms. The van der Waals surface area contributed by atoms with Crippen LogP contribution in [0.15, 0.2) is 66.0 Å². The van der Waals surface area contributed by atoms with Crippen LogP contribution in [0.3, 0.4) is 0 Å². The van der Waals surface area contributed by atoms with E-state index >= 15 is 0 Å². The molecule has 0 saturated carbocycles. The van der Waals surface area contributed by atoms with Crippen LogP contribution in [0.2, 0.25) is 5.02 Å². The van der Waals surface area contributed by atoms with Gasteiger partial charge in [0.15, 0.2) is 0 Å². The molecule has 0 N–H and O–H groups in total. The van der Waals surface area contributed by atoms with Crippen LogP contribution in [0.1, 0.15) is 5.56 Å². The molecule has 1 aliphatic rings. The lowest BCUT2D eigenvalue weighted by molar-refractivity contribution is 0.383. The number of hydrogen-bond donors (Lipinski definition) is 0. The molecule has 1 fully saturated rings. The Morgan fingerprint density at radius 1 is 1.03 bits per heavy atom. The topological polar surface area (TPSA) is 99.4 Å². The van der Waals surface area contributed by atoms with Crippen LogP contribution >= 0.6 is 11.6 Å². The van der Waals surface area contributed by atoms with E-state index in [1.807, 2.05) is 11.0 Å². The minimum Gasteiger partial charge on any atom is -0.456 e. The molecule has 3 aromatic rings. The van der Waals surface area contributed by atoms with Crippen molar-refractivity contribution < 1.29 is 13.2 Å². The molecule has 0 bridgehead atoms. The summed E-state index contributed by atoms with van der Waals surface area (Å²) in [7, 11) is -3.64. The van der Waals surface area contributed by atoms with Gasteiger partial charge in [-0.25, -0.2) is 13.4 Å². The van der Waals surface area contributed by atoms with E-state index in [2.05, 4.69) is 9.97 Å². The number of sulfonamides is 1. The lowest BCUT2D eigenvalue weighted by Crippen LogP contribution is -2.48. The molecule has 10 heteroatoms. The molecule has 8 nitrogen and oxygen atoms in total. The van der Waals surface area contributed by atoms with Gasteiger partial charge in [0.05, 0.1) is 16.1 Å². The van der Waals surface area contributed by atoms with Gasteiger partial charge in [-0.05, 0) is 36.4 Å². The zero-order valence-electron chi connectivity index (χ0n) is 16.3. The van der Waals surface area contributed by atoms with Crippen molar-refractivity contribution in [2.75, 3.05) is 31.1 Å². The maximum absolute atomic E-state index is 13.0. The van der Waals surface area contributed by atoms with Gasteiger partial charge in [0.25, 0.3) is 0 Å². The van der Waals surface area contributed by atoms with E-state index in [0.29, 0.717) is 42.7 Å². The van der Waals surface area contributed by atoms with Gasteiger partial charge in [0.1, 0.15) is 28.9 Å². The standard InChI is InChI=1S/C21H18ClN5O3S/c22-19-2-1-3-20(18(19)14-23)30-16-4-6-17(7-5-16)31(28,29)27-12-10-26(11-13-27)21-15-24-8-9-25-21/h1-9,15H,10-13H2. The Bertz CT molecular complexity index is 1210. The van der Waals surface area contributed by atoms with Crippen LogP contribution in [-0.2, 0) is 10.0 Å². The van der Waals surface area contributed by atoms with Gasteiger partial charge < -0.3 is 9.64 Å². The summed E-state index contributed by atoms with van der Waals surface area (Å²) in [5, 5.41) is 9.55. The van der Waals surface area contributed by atoms with E-state index in [1.54, 1.807) is 48.9 Å². The highest BCUT2D eigenvalue weighted by Crippen LogP contribution is 2.30. The van der Waals surface area contributed by atoms with Crippen molar-refractivity contribution in [2.45, 2.75) is 4.90 Å². The monoisotopic (exact) mass is 455 g/mol. The number of rotatable bonds is 5. The van der Waals surface area contributed by atoms with Gasteiger partial charge in [0, 0.05) is 38.6 Å². The van der Waals surface area contributed by atoms with E-state index in [0.717, 1.165) is 5.82 Å². The van der Waals surface area contributed by atoms with Crippen LogP contribution in [-0.4, -0.2) is 48.9 Å². The number of halogens is 1. The molecule has 2 heterocycles. The first kappa shape index (κ1) is 21.1. The first-order valence-corrected chi connectivity index (χ1v) is 11.3. The zero-order chi connectivity index (χ0) is 21.8. The molecule has 2 aromatic carbocycles. The lowest BCUT2D eigenvalue weighted by atomic mass is 10.2. The Hall–Kier alpha value is -3.19. The first-order chi connectivity index (χ1) is 15.0. The maximum atomic E-state index is 13.0. The summed E-state index contributed by atoms with van der Waals surface area (Å²) < 4.78 is 33.2. The fourth-order valence-electron chi connectivity index (χ4n) is 3.27. The highest BCUT2D eigenvalue weighted by molar-refractivity contribution is 7.89. The Balaban J connectivity index is 1.45. The van der Waals surface area contributed by atoms with Gasteiger partial charge in [-0.3, -0.25) is 4.98 Å². The largest absolute Gasteiger partial charge is 0.456 e. The zero-order valence-corrected chi connectivity index (χ0v) is 17.9. The van der Waals surface area contributed by atoms with Crippen LogP contribution in [0.5, 0.6) is 11.5 Å². The Morgan fingerprint density at radius 3 is 2.42 bits per heavy atom. The molecule has 0 spiro atoms. The lowest BCUT2D eigenvalue weighted by Gasteiger charge is -2.34. The van der Waals surface area contributed by atoms with Crippen molar-refractivity contribution in [3.8, 4) is 17.6 Å². The summed E-state index contributed by atoms with van der Waals surface area (Å²) >= 11 is 6.02. The second-order valence-electron chi connectivity index (χ2n) is 6.75. The third kappa shape index (κ3) is 4.46. The number of benzene rings is 2. The summed E-state index contributed by atoms with van der Waals surface area (Å²) in [5.74, 6) is 1.45. The second-order valence-corrected chi connectivity index (χ2v) is 9.10. The van der Waals surface area contributed by atoms with E-state index in [1.165, 1.54) is 16.4 Å².